The van der Waals surface area contributed by atoms with E-state index in [0.717, 1.165) is 5.69 Å². The third-order valence-electron chi connectivity index (χ3n) is 2.46. The van der Waals surface area contributed by atoms with Gasteiger partial charge < -0.3 is 16.4 Å². The first-order chi connectivity index (χ1) is 8.60. The second-order valence-corrected chi connectivity index (χ2v) is 3.78. The summed E-state index contributed by atoms with van der Waals surface area (Å²) in [5.41, 5.74) is 7.05. The van der Waals surface area contributed by atoms with E-state index in [4.69, 9.17) is 5.73 Å². The molecule has 18 heavy (non-hydrogen) atoms. The van der Waals surface area contributed by atoms with Crippen molar-refractivity contribution in [2.24, 2.45) is 0 Å². The van der Waals surface area contributed by atoms with Gasteiger partial charge in [0.25, 0.3) is 5.91 Å². The van der Waals surface area contributed by atoms with Crippen molar-refractivity contribution < 1.29 is 9.59 Å². The van der Waals surface area contributed by atoms with Gasteiger partial charge in [-0.05, 0) is 13.3 Å². The van der Waals surface area contributed by atoms with Crippen molar-refractivity contribution in [2.75, 3.05) is 18.8 Å². The molecule has 0 aliphatic carbocycles. The average Bonchev–Trinajstić information content (AvgIpc) is 2.70. The number of aromatic nitrogens is 2. The van der Waals surface area contributed by atoms with Crippen molar-refractivity contribution in [3.05, 3.63) is 11.4 Å². The van der Waals surface area contributed by atoms with E-state index in [-0.39, 0.29) is 30.5 Å². The molecule has 5 N–H and O–H groups in total. The van der Waals surface area contributed by atoms with Crippen molar-refractivity contribution in [1.82, 2.24) is 20.8 Å². The Hall–Kier alpha value is -2.05. The van der Waals surface area contributed by atoms with Gasteiger partial charge in [-0.25, -0.2) is 0 Å². The second kappa shape index (κ2) is 6.63. The first kappa shape index (κ1) is 14.0. The summed E-state index contributed by atoms with van der Waals surface area (Å²) in [4.78, 5) is 22.9. The van der Waals surface area contributed by atoms with Crippen LogP contribution in [0.1, 0.15) is 36.5 Å². The van der Waals surface area contributed by atoms with Gasteiger partial charge in [0.15, 0.2) is 5.69 Å². The van der Waals surface area contributed by atoms with E-state index in [9.17, 15) is 9.59 Å². The summed E-state index contributed by atoms with van der Waals surface area (Å²) in [6.45, 7) is 4.60. The molecular weight excluding hydrogens is 234 g/mol. The lowest BCUT2D eigenvalue weighted by Gasteiger charge is -2.04. The minimum Gasteiger partial charge on any atom is -0.395 e. The van der Waals surface area contributed by atoms with Crippen LogP contribution in [-0.4, -0.2) is 35.1 Å². The fraction of sp³-hybridized carbons (Fsp3) is 0.545. The maximum Gasteiger partial charge on any atom is 0.273 e. The molecule has 0 bridgehead atoms. The number of nitrogens with two attached hydrogens (primary N) is 1. The number of aromatic amines is 1. The number of hydrogen-bond donors (Lipinski definition) is 4. The number of carbonyl (C=O) groups excluding carboxylic acids is 2. The van der Waals surface area contributed by atoms with Crippen LogP contribution in [-0.2, 0) is 11.2 Å². The third kappa shape index (κ3) is 3.47. The maximum atomic E-state index is 11.7. The molecule has 0 aromatic carbocycles. The summed E-state index contributed by atoms with van der Waals surface area (Å²) in [6, 6.07) is 0. The molecule has 0 aliphatic rings. The lowest BCUT2D eigenvalue weighted by atomic mass is 10.2. The van der Waals surface area contributed by atoms with Crippen molar-refractivity contribution in [3.63, 3.8) is 0 Å². The number of nitrogens with one attached hydrogen (secondary N) is 3. The lowest BCUT2D eigenvalue weighted by molar-refractivity contribution is -0.120. The highest BCUT2D eigenvalue weighted by atomic mass is 16.2. The number of hydrogen-bond acceptors (Lipinski definition) is 4. The van der Waals surface area contributed by atoms with E-state index in [0.29, 0.717) is 18.7 Å². The molecule has 0 saturated carbocycles. The summed E-state index contributed by atoms with van der Waals surface area (Å²) in [6.07, 6.45) is 0.926. The number of rotatable bonds is 6. The quantitative estimate of drug-likeness (QED) is 0.562. The van der Waals surface area contributed by atoms with Gasteiger partial charge in [0, 0.05) is 19.5 Å². The predicted molar refractivity (Wildman–Crippen MR) is 68.0 cm³/mol. The molecule has 7 nitrogen and oxygen atoms in total. The summed E-state index contributed by atoms with van der Waals surface area (Å²) in [5, 5.41) is 11.8. The lowest BCUT2D eigenvalue weighted by Crippen LogP contribution is -2.31. The molecule has 0 unspecified atom stereocenters. The smallest absolute Gasteiger partial charge is 0.273 e. The molecule has 0 saturated heterocycles. The predicted octanol–water partition coefficient (Wildman–Crippen LogP) is -0.190. The van der Waals surface area contributed by atoms with Crippen LogP contribution in [0.25, 0.3) is 0 Å². The molecule has 7 heteroatoms. The summed E-state index contributed by atoms with van der Waals surface area (Å²) in [5.74, 6) is -0.463. The van der Waals surface area contributed by atoms with Crippen molar-refractivity contribution in [2.45, 2.75) is 26.7 Å². The van der Waals surface area contributed by atoms with Crippen LogP contribution in [0.4, 0.5) is 5.69 Å². The average molecular weight is 253 g/mol. The second-order valence-electron chi connectivity index (χ2n) is 3.78. The zero-order chi connectivity index (χ0) is 13.5. The number of nitrogen functional groups attached to an aromatic ring is 1. The molecular formula is C11H19N5O2. The fourth-order valence-electron chi connectivity index (χ4n) is 1.49. The van der Waals surface area contributed by atoms with E-state index < -0.39 is 0 Å². The van der Waals surface area contributed by atoms with Crippen LogP contribution >= 0.6 is 0 Å². The number of nitrogens with zero attached hydrogens (tertiary/aromatic N) is 1. The number of aryl methyl sites for hydroxylation is 1. The maximum absolute atomic E-state index is 11.7. The summed E-state index contributed by atoms with van der Waals surface area (Å²) in [7, 11) is 0. The van der Waals surface area contributed by atoms with Gasteiger partial charge in [-0.3, -0.25) is 14.7 Å². The van der Waals surface area contributed by atoms with E-state index in [1.807, 2.05) is 13.8 Å². The van der Waals surface area contributed by atoms with E-state index in [2.05, 4.69) is 20.8 Å². The van der Waals surface area contributed by atoms with Gasteiger partial charge in [-0.1, -0.05) is 6.92 Å². The van der Waals surface area contributed by atoms with Crippen LogP contribution in [0, 0.1) is 0 Å². The number of carbonyl (C=O) groups is 2. The zero-order valence-corrected chi connectivity index (χ0v) is 10.7. The highest BCUT2D eigenvalue weighted by Crippen LogP contribution is 2.13. The molecule has 0 spiro atoms. The fourth-order valence-corrected chi connectivity index (χ4v) is 1.49. The van der Waals surface area contributed by atoms with Crippen LogP contribution in [0.15, 0.2) is 0 Å². The van der Waals surface area contributed by atoms with Gasteiger partial charge in [0.2, 0.25) is 5.91 Å². The molecule has 2 amide bonds. The van der Waals surface area contributed by atoms with Gasteiger partial charge >= 0.3 is 0 Å². The van der Waals surface area contributed by atoms with Crippen LogP contribution < -0.4 is 16.4 Å². The highest BCUT2D eigenvalue weighted by molar-refractivity contribution is 5.97. The molecule has 1 aromatic rings. The summed E-state index contributed by atoms with van der Waals surface area (Å²) < 4.78 is 0. The number of amides is 2. The van der Waals surface area contributed by atoms with E-state index in [1.54, 1.807) is 0 Å². The van der Waals surface area contributed by atoms with Gasteiger partial charge in [-0.2, -0.15) is 5.10 Å². The van der Waals surface area contributed by atoms with E-state index >= 15 is 0 Å². The molecule has 0 radical (unpaired) electrons. The molecule has 0 atom stereocenters. The zero-order valence-electron chi connectivity index (χ0n) is 10.7. The standard InChI is InChI=1S/C11H19N5O2/c1-3-7-9(12)10(16-15-7)11(18)14-6-5-8(17)13-4-2/h3-6,12H2,1-2H3,(H,13,17)(H,14,18)(H,15,16). The van der Waals surface area contributed by atoms with Crippen molar-refractivity contribution in [1.29, 1.82) is 0 Å². The Morgan fingerprint density at radius 2 is 2.06 bits per heavy atom. The first-order valence-corrected chi connectivity index (χ1v) is 5.97. The topological polar surface area (TPSA) is 113 Å². The van der Waals surface area contributed by atoms with Gasteiger partial charge in [0.05, 0.1) is 11.4 Å². The summed E-state index contributed by atoms with van der Waals surface area (Å²) >= 11 is 0. The van der Waals surface area contributed by atoms with Crippen molar-refractivity contribution in [3.8, 4) is 0 Å². The molecule has 100 valence electrons. The van der Waals surface area contributed by atoms with Crippen LogP contribution in [0.3, 0.4) is 0 Å². The Morgan fingerprint density at radius 1 is 1.33 bits per heavy atom. The monoisotopic (exact) mass is 253 g/mol. The Labute approximate surface area is 106 Å². The SMILES string of the molecule is CCNC(=O)CCNC(=O)c1n[nH]c(CC)c1N. The normalized spacial score (nSPS) is 10.1. The minimum absolute atomic E-state index is 0.0953. The molecule has 0 aliphatic heterocycles. The Morgan fingerprint density at radius 3 is 2.61 bits per heavy atom. The molecule has 1 rings (SSSR count). The Kier molecular flexibility index (Phi) is 5.16. The molecule has 1 aromatic heterocycles. The minimum atomic E-state index is -0.368. The first-order valence-electron chi connectivity index (χ1n) is 5.97. The van der Waals surface area contributed by atoms with Crippen LogP contribution in [0.5, 0.6) is 0 Å². The van der Waals surface area contributed by atoms with E-state index in [1.165, 1.54) is 0 Å². The van der Waals surface area contributed by atoms with Gasteiger partial charge in [-0.15, -0.1) is 0 Å². The largest absolute Gasteiger partial charge is 0.395 e. The Bertz CT molecular complexity index is 427. The number of H-pyrrole nitrogens is 1. The Balaban J connectivity index is 2.45. The third-order valence-corrected chi connectivity index (χ3v) is 2.46. The molecule has 1 heterocycles. The van der Waals surface area contributed by atoms with Crippen LogP contribution in [0.2, 0.25) is 0 Å². The van der Waals surface area contributed by atoms with Crippen molar-refractivity contribution >= 4 is 17.5 Å². The highest BCUT2D eigenvalue weighted by Gasteiger charge is 2.15. The van der Waals surface area contributed by atoms with Gasteiger partial charge in [0.1, 0.15) is 0 Å². The molecule has 0 fully saturated rings. The number of anilines is 1.